The Labute approximate surface area is 121 Å². The Morgan fingerprint density at radius 2 is 2.05 bits per heavy atom. The second-order valence-corrected chi connectivity index (χ2v) is 4.87. The molecule has 0 aliphatic rings. The molecule has 20 heavy (non-hydrogen) atoms. The number of rotatable bonds is 4. The summed E-state index contributed by atoms with van der Waals surface area (Å²) in [6, 6.07) is 10.0. The lowest BCUT2D eigenvalue weighted by atomic mass is 10.0. The van der Waals surface area contributed by atoms with E-state index < -0.39 is 12.0 Å². The van der Waals surface area contributed by atoms with Gasteiger partial charge in [0.2, 0.25) is 0 Å². The van der Waals surface area contributed by atoms with Crippen LogP contribution in [-0.2, 0) is 4.79 Å². The molecule has 1 unspecified atom stereocenters. The third-order valence-electron chi connectivity index (χ3n) is 2.90. The molecule has 1 atom stereocenters. The molecule has 0 heterocycles. The van der Waals surface area contributed by atoms with Crippen molar-refractivity contribution in [3.05, 3.63) is 64.4 Å². The van der Waals surface area contributed by atoms with Gasteiger partial charge in [0.15, 0.2) is 6.04 Å². The summed E-state index contributed by atoms with van der Waals surface area (Å²) < 4.78 is 13.3. The number of hydrogen-bond donors (Lipinski definition) is 2. The van der Waals surface area contributed by atoms with Crippen molar-refractivity contribution in [1.29, 1.82) is 0 Å². The highest BCUT2D eigenvalue weighted by Gasteiger charge is 2.20. The Bertz CT molecular complexity index is 646. The SMILES string of the molecule is Cc1cc(C(Nc2cccc(Cl)c2)C(=O)O)ccc1F. The number of benzene rings is 2. The molecule has 0 saturated heterocycles. The summed E-state index contributed by atoms with van der Waals surface area (Å²) in [4.78, 5) is 11.4. The van der Waals surface area contributed by atoms with Crippen molar-refractivity contribution in [2.75, 3.05) is 5.32 Å². The van der Waals surface area contributed by atoms with Crippen LogP contribution in [0.1, 0.15) is 17.2 Å². The van der Waals surface area contributed by atoms with E-state index in [4.69, 9.17) is 11.6 Å². The van der Waals surface area contributed by atoms with Crippen LogP contribution in [0, 0.1) is 12.7 Å². The number of nitrogens with one attached hydrogen (secondary N) is 1. The summed E-state index contributed by atoms with van der Waals surface area (Å²) in [5.41, 5.74) is 1.48. The van der Waals surface area contributed by atoms with E-state index in [2.05, 4.69) is 5.32 Å². The molecule has 0 fully saturated rings. The predicted molar refractivity (Wildman–Crippen MR) is 76.6 cm³/mol. The standard InChI is InChI=1S/C15H13ClFNO2/c1-9-7-10(5-6-13(9)17)14(15(19)20)18-12-4-2-3-11(16)8-12/h2-8,14,18H,1H3,(H,19,20). The highest BCUT2D eigenvalue weighted by molar-refractivity contribution is 6.30. The summed E-state index contributed by atoms with van der Waals surface area (Å²) in [7, 11) is 0. The molecule has 2 rings (SSSR count). The van der Waals surface area contributed by atoms with E-state index in [9.17, 15) is 14.3 Å². The molecular weight excluding hydrogens is 281 g/mol. The fraction of sp³-hybridized carbons (Fsp3) is 0.133. The summed E-state index contributed by atoms with van der Waals surface area (Å²) in [6.45, 7) is 1.59. The van der Waals surface area contributed by atoms with E-state index in [0.29, 0.717) is 21.8 Å². The molecular formula is C15H13ClFNO2. The zero-order valence-corrected chi connectivity index (χ0v) is 11.5. The number of halogens is 2. The van der Waals surface area contributed by atoms with Crippen molar-refractivity contribution in [1.82, 2.24) is 0 Å². The van der Waals surface area contributed by atoms with Crippen molar-refractivity contribution >= 4 is 23.3 Å². The molecule has 0 aromatic heterocycles. The van der Waals surface area contributed by atoms with Crippen molar-refractivity contribution in [2.45, 2.75) is 13.0 Å². The zero-order valence-electron chi connectivity index (χ0n) is 10.7. The summed E-state index contributed by atoms with van der Waals surface area (Å²) in [5.74, 6) is -1.41. The van der Waals surface area contributed by atoms with Gasteiger partial charge >= 0.3 is 5.97 Å². The van der Waals surface area contributed by atoms with E-state index in [0.717, 1.165) is 0 Å². The minimum absolute atomic E-state index is 0.361. The van der Waals surface area contributed by atoms with Crippen molar-refractivity contribution < 1.29 is 14.3 Å². The first kappa shape index (κ1) is 14.3. The Hall–Kier alpha value is -2.07. The summed E-state index contributed by atoms with van der Waals surface area (Å²) in [5, 5.41) is 12.7. The maximum absolute atomic E-state index is 13.3. The molecule has 0 bridgehead atoms. The van der Waals surface area contributed by atoms with Crippen molar-refractivity contribution in [3.8, 4) is 0 Å². The van der Waals surface area contributed by atoms with Crippen LogP contribution in [0.2, 0.25) is 5.02 Å². The first-order chi connectivity index (χ1) is 9.47. The maximum Gasteiger partial charge on any atom is 0.330 e. The van der Waals surface area contributed by atoms with Crippen molar-refractivity contribution in [2.24, 2.45) is 0 Å². The van der Waals surface area contributed by atoms with Crippen molar-refractivity contribution in [3.63, 3.8) is 0 Å². The smallest absolute Gasteiger partial charge is 0.330 e. The fourth-order valence-corrected chi connectivity index (χ4v) is 2.07. The zero-order chi connectivity index (χ0) is 14.7. The monoisotopic (exact) mass is 293 g/mol. The Morgan fingerprint density at radius 1 is 1.30 bits per heavy atom. The van der Waals surface area contributed by atoms with Gasteiger partial charge in [0, 0.05) is 10.7 Å². The van der Waals surface area contributed by atoms with Gasteiger partial charge < -0.3 is 10.4 Å². The largest absolute Gasteiger partial charge is 0.479 e. The molecule has 5 heteroatoms. The van der Waals surface area contributed by atoms with Crippen LogP contribution in [0.4, 0.5) is 10.1 Å². The molecule has 0 saturated carbocycles. The first-order valence-corrected chi connectivity index (χ1v) is 6.36. The first-order valence-electron chi connectivity index (χ1n) is 5.98. The second-order valence-electron chi connectivity index (χ2n) is 4.43. The second kappa shape index (κ2) is 5.92. The topological polar surface area (TPSA) is 49.3 Å². The molecule has 104 valence electrons. The van der Waals surface area contributed by atoms with Gasteiger partial charge in [-0.05, 0) is 42.3 Å². The van der Waals surface area contributed by atoms with Gasteiger partial charge in [-0.1, -0.05) is 29.8 Å². The highest BCUT2D eigenvalue weighted by atomic mass is 35.5. The van der Waals surface area contributed by atoms with Crippen LogP contribution >= 0.6 is 11.6 Å². The van der Waals surface area contributed by atoms with Gasteiger partial charge in [0.25, 0.3) is 0 Å². The van der Waals surface area contributed by atoms with Crippen LogP contribution in [-0.4, -0.2) is 11.1 Å². The quantitative estimate of drug-likeness (QED) is 0.895. The normalized spacial score (nSPS) is 11.9. The van der Waals surface area contributed by atoms with E-state index in [1.165, 1.54) is 18.2 Å². The minimum Gasteiger partial charge on any atom is -0.479 e. The van der Waals surface area contributed by atoms with Crippen LogP contribution in [0.3, 0.4) is 0 Å². The van der Waals surface area contributed by atoms with Gasteiger partial charge in [-0.3, -0.25) is 0 Å². The van der Waals surface area contributed by atoms with Crippen LogP contribution < -0.4 is 5.32 Å². The predicted octanol–water partition coefficient (Wildman–Crippen LogP) is 4.03. The average Bonchev–Trinajstić information content (AvgIpc) is 2.39. The molecule has 0 aliphatic heterocycles. The highest BCUT2D eigenvalue weighted by Crippen LogP contribution is 2.23. The lowest BCUT2D eigenvalue weighted by molar-refractivity contribution is -0.138. The van der Waals surface area contributed by atoms with Gasteiger partial charge in [0.05, 0.1) is 0 Å². The number of anilines is 1. The lowest BCUT2D eigenvalue weighted by Crippen LogP contribution is -2.20. The molecule has 2 N–H and O–H groups in total. The van der Waals surface area contributed by atoms with Crippen LogP contribution in [0.15, 0.2) is 42.5 Å². The Balaban J connectivity index is 2.32. The van der Waals surface area contributed by atoms with E-state index in [-0.39, 0.29) is 5.82 Å². The molecule has 0 spiro atoms. The average molecular weight is 294 g/mol. The number of carboxylic acid groups (broad SMARTS) is 1. The molecule has 0 amide bonds. The third kappa shape index (κ3) is 3.27. The number of carboxylic acids is 1. The minimum atomic E-state index is -1.05. The number of carbonyl (C=O) groups is 1. The molecule has 0 radical (unpaired) electrons. The summed E-state index contributed by atoms with van der Waals surface area (Å²) in [6.07, 6.45) is 0. The maximum atomic E-state index is 13.3. The molecule has 0 aliphatic carbocycles. The number of hydrogen-bond acceptors (Lipinski definition) is 2. The Morgan fingerprint density at radius 3 is 2.65 bits per heavy atom. The van der Waals surface area contributed by atoms with Gasteiger partial charge in [-0.15, -0.1) is 0 Å². The lowest BCUT2D eigenvalue weighted by Gasteiger charge is -2.17. The van der Waals surface area contributed by atoms with Gasteiger partial charge in [0.1, 0.15) is 5.82 Å². The van der Waals surface area contributed by atoms with Gasteiger partial charge in [-0.25, -0.2) is 9.18 Å². The van der Waals surface area contributed by atoms with E-state index >= 15 is 0 Å². The third-order valence-corrected chi connectivity index (χ3v) is 3.13. The summed E-state index contributed by atoms with van der Waals surface area (Å²) >= 11 is 5.86. The molecule has 2 aromatic carbocycles. The molecule has 3 nitrogen and oxygen atoms in total. The fourth-order valence-electron chi connectivity index (χ4n) is 1.88. The van der Waals surface area contributed by atoms with Crippen LogP contribution in [0.5, 0.6) is 0 Å². The van der Waals surface area contributed by atoms with Crippen LogP contribution in [0.25, 0.3) is 0 Å². The Kier molecular flexibility index (Phi) is 4.25. The number of aliphatic carboxylic acids is 1. The number of aryl methyl sites for hydroxylation is 1. The van der Waals surface area contributed by atoms with E-state index in [1.54, 1.807) is 31.2 Å². The van der Waals surface area contributed by atoms with Gasteiger partial charge in [-0.2, -0.15) is 0 Å². The van der Waals surface area contributed by atoms with E-state index in [1.807, 2.05) is 0 Å². The molecule has 2 aromatic rings.